The molecule has 0 aromatic carbocycles. The molecule has 0 atom stereocenters. The predicted molar refractivity (Wildman–Crippen MR) is 67.8 cm³/mol. The number of unbranched alkanes of at least 4 members (excludes halogenated alkanes) is 2. The van der Waals surface area contributed by atoms with Crippen molar-refractivity contribution >= 4 is 25.4 Å². The van der Waals surface area contributed by atoms with Crippen molar-refractivity contribution in [2.24, 2.45) is 0 Å². The Hall–Kier alpha value is 0.617. The number of rotatable bonds is 9. The average Bonchev–Trinajstić information content (AvgIpc) is 2.19. The van der Waals surface area contributed by atoms with Crippen LogP contribution in [0.2, 0.25) is 6.55 Å². The highest BCUT2D eigenvalue weighted by Gasteiger charge is 2.25. The van der Waals surface area contributed by atoms with Gasteiger partial charge in [-0.3, -0.25) is 0 Å². The fourth-order valence-corrected chi connectivity index (χ4v) is 2.00. The lowest BCUT2D eigenvalue weighted by Crippen LogP contribution is -2.35. The van der Waals surface area contributed by atoms with Crippen LogP contribution in [0, 0.1) is 0 Å². The summed E-state index contributed by atoms with van der Waals surface area (Å²) in [4.78, 5) is 0. The highest BCUT2D eigenvalue weighted by atomic mass is 79.9. The van der Waals surface area contributed by atoms with Crippen molar-refractivity contribution in [3.05, 3.63) is 0 Å². The topological polar surface area (TPSA) is 18.5 Å². The van der Waals surface area contributed by atoms with Crippen LogP contribution in [0.5, 0.6) is 0 Å². The van der Waals surface area contributed by atoms with E-state index in [4.69, 9.17) is 9.47 Å². The van der Waals surface area contributed by atoms with E-state index in [1.807, 2.05) is 0 Å². The maximum absolute atomic E-state index is 5.72. The van der Waals surface area contributed by atoms with Gasteiger partial charge < -0.3 is 9.47 Å². The van der Waals surface area contributed by atoms with Crippen molar-refractivity contribution in [2.45, 2.75) is 50.4 Å². The highest BCUT2D eigenvalue weighted by molar-refractivity contribution is 9.10. The summed E-state index contributed by atoms with van der Waals surface area (Å²) in [5.74, 6) is 0. The van der Waals surface area contributed by atoms with Crippen LogP contribution >= 0.6 is 15.9 Å². The molecule has 0 saturated carbocycles. The Morgan fingerprint density at radius 1 is 1.07 bits per heavy atom. The zero-order valence-electron chi connectivity index (χ0n) is 9.64. The van der Waals surface area contributed by atoms with Crippen LogP contribution in [-0.2, 0) is 9.47 Å². The minimum Gasteiger partial charge on any atom is -0.345 e. The number of hydrogen-bond donors (Lipinski definition) is 0. The van der Waals surface area contributed by atoms with E-state index in [-0.39, 0.29) is 9.52 Å². The van der Waals surface area contributed by atoms with Crippen molar-refractivity contribution in [1.29, 1.82) is 0 Å². The minimum absolute atomic E-state index is 0.352. The van der Waals surface area contributed by atoms with Crippen LogP contribution in [0.3, 0.4) is 0 Å². The normalized spacial score (nSPS) is 12.9. The fourth-order valence-electron chi connectivity index (χ4n) is 0.984. The standard InChI is InChI=1S/C10H23BrO2Si/c1-4-6-8-12-10(11,14-3)13-9-7-5-2/h4-9,14H2,1-3H3. The molecule has 0 unspecified atom stereocenters. The Bertz CT molecular complexity index is 123. The Morgan fingerprint density at radius 3 is 1.79 bits per heavy atom. The first kappa shape index (κ1) is 14.6. The van der Waals surface area contributed by atoms with E-state index in [1.165, 1.54) is 12.8 Å². The quantitative estimate of drug-likeness (QED) is 0.280. The van der Waals surface area contributed by atoms with Gasteiger partial charge in [-0.1, -0.05) is 33.2 Å². The first-order chi connectivity index (χ1) is 6.68. The molecule has 4 heteroatoms. The molecule has 0 aliphatic carbocycles. The Morgan fingerprint density at radius 2 is 1.50 bits per heavy atom. The van der Waals surface area contributed by atoms with E-state index in [1.54, 1.807) is 0 Å². The summed E-state index contributed by atoms with van der Waals surface area (Å²) >= 11 is 3.56. The van der Waals surface area contributed by atoms with E-state index < -0.39 is 4.32 Å². The summed E-state index contributed by atoms with van der Waals surface area (Å²) in [6.45, 7) is 8.14. The highest BCUT2D eigenvalue weighted by Crippen LogP contribution is 2.21. The number of hydrogen-bond acceptors (Lipinski definition) is 2. The molecule has 0 aliphatic heterocycles. The molecule has 0 saturated heterocycles. The third-order valence-corrected chi connectivity index (χ3v) is 5.45. The van der Waals surface area contributed by atoms with Crippen LogP contribution < -0.4 is 0 Å². The number of alkyl halides is 1. The van der Waals surface area contributed by atoms with Crippen LogP contribution in [0.25, 0.3) is 0 Å². The second kappa shape index (κ2) is 8.89. The van der Waals surface area contributed by atoms with Gasteiger partial charge in [0.05, 0.1) is 13.2 Å². The third-order valence-electron chi connectivity index (χ3n) is 2.05. The second-order valence-electron chi connectivity index (χ2n) is 3.42. The monoisotopic (exact) mass is 282 g/mol. The number of halogens is 1. The molecule has 0 aromatic heterocycles. The summed E-state index contributed by atoms with van der Waals surface area (Å²) in [6, 6.07) is 0. The lowest BCUT2D eigenvalue weighted by molar-refractivity contribution is -0.113. The van der Waals surface area contributed by atoms with Gasteiger partial charge in [-0.15, -0.1) is 0 Å². The van der Waals surface area contributed by atoms with Gasteiger partial charge in [0, 0.05) is 0 Å². The summed E-state index contributed by atoms with van der Waals surface area (Å²) in [6.07, 6.45) is 4.56. The van der Waals surface area contributed by atoms with E-state index >= 15 is 0 Å². The molecule has 2 nitrogen and oxygen atoms in total. The smallest absolute Gasteiger partial charge is 0.198 e. The van der Waals surface area contributed by atoms with Gasteiger partial charge in [0.15, 0.2) is 4.32 Å². The van der Waals surface area contributed by atoms with Crippen molar-refractivity contribution in [1.82, 2.24) is 0 Å². The fraction of sp³-hybridized carbons (Fsp3) is 1.00. The summed E-state index contributed by atoms with van der Waals surface area (Å²) in [5.41, 5.74) is 0. The summed E-state index contributed by atoms with van der Waals surface area (Å²) < 4.78 is 11.0. The molecule has 0 rings (SSSR count). The molecule has 0 aliphatic rings. The number of ether oxygens (including phenoxy) is 2. The minimum atomic E-state index is -0.405. The average molecular weight is 283 g/mol. The van der Waals surface area contributed by atoms with Crippen LogP contribution in [0.15, 0.2) is 0 Å². The Balaban J connectivity index is 3.67. The van der Waals surface area contributed by atoms with E-state index in [2.05, 4.69) is 36.3 Å². The van der Waals surface area contributed by atoms with Crippen molar-refractivity contribution in [3.63, 3.8) is 0 Å². The van der Waals surface area contributed by atoms with E-state index in [9.17, 15) is 0 Å². The SMILES string of the molecule is CCCCOC(Br)(OCCCC)[SiH2]C. The van der Waals surface area contributed by atoms with Crippen molar-refractivity contribution in [3.8, 4) is 0 Å². The van der Waals surface area contributed by atoms with Gasteiger partial charge in [-0.2, -0.15) is 0 Å². The van der Waals surface area contributed by atoms with Gasteiger partial charge in [-0.05, 0) is 28.8 Å². The Labute approximate surface area is 98.7 Å². The first-order valence-corrected chi connectivity index (χ1v) is 8.56. The summed E-state index contributed by atoms with van der Waals surface area (Å²) in [5, 5.41) is 0. The second-order valence-corrected chi connectivity index (χ2v) is 7.30. The molecule has 86 valence electrons. The molecule has 0 fully saturated rings. The van der Waals surface area contributed by atoms with Gasteiger partial charge in [0.1, 0.15) is 9.52 Å². The van der Waals surface area contributed by atoms with E-state index in [0.29, 0.717) is 0 Å². The van der Waals surface area contributed by atoms with Gasteiger partial charge in [-0.25, -0.2) is 0 Å². The maximum Gasteiger partial charge on any atom is 0.198 e. The van der Waals surface area contributed by atoms with Gasteiger partial charge in [0.2, 0.25) is 0 Å². The zero-order valence-corrected chi connectivity index (χ0v) is 12.6. The van der Waals surface area contributed by atoms with E-state index in [0.717, 1.165) is 26.1 Å². The lowest BCUT2D eigenvalue weighted by Gasteiger charge is -2.26. The molecule has 0 bridgehead atoms. The molecular weight excluding hydrogens is 260 g/mol. The molecule has 0 spiro atoms. The van der Waals surface area contributed by atoms with Crippen molar-refractivity contribution in [2.75, 3.05) is 13.2 Å². The molecular formula is C10H23BrO2Si. The molecule has 0 aromatic rings. The Kier molecular flexibility index (Phi) is 9.28. The van der Waals surface area contributed by atoms with Crippen LogP contribution in [-0.4, -0.2) is 27.1 Å². The van der Waals surface area contributed by atoms with Crippen LogP contribution in [0.4, 0.5) is 0 Å². The van der Waals surface area contributed by atoms with Gasteiger partial charge >= 0.3 is 0 Å². The van der Waals surface area contributed by atoms with Crippen LogP contribution in [0.1, 0.15) is 39.5 Å². The summed E-state index contributed by atoms with van der Waals surface area (Å²) in [7, 11) is -0.352. The predicted octanol–water partition coefficient (Wildman–Crippen LogP) is 2.84. The molecule has 0 radical (unpaired) electrons. The first-order valence-electron chi connectivity index (χ1n) is 5.65. The van der Waals surface area contributed by atoms with Crippen molar-refractivity contribution < 1.29 is 9.47 Å². The molecule has 0 heterocycles. The third kappa shape index (κ3) is 6.98. The lowest BCUT2D eigenvalue weighted by atomic mass is 10.4. The molecule has 0 N–H and O–H groups in total. The maximum atomic E-state index is 5.72. The molecule has 14 heavy (non-hydrogen) atoms. The van der Waals surface area contributed by atoms with Gasteiger partial charge in [0.25, 0.3) is 0 Å². The molecule has 0 amide bonds. The largest absolute Gasteiger partial charge is 0.345 e. The zero-order chi connectivity index (χ0) is 10.9.